The van der Waals surface area contributed by atoms with E-state index in [2.05, 4.69) is 80.0 Å². The molecule has 0 unspecified atom stereocenters. The summed E-state index contributed by atoms with van der Waals surface area (Å²) in [6.07, 6.45) is 8.88. The van der Waals surface area contributed by atoms with Gasteiger partial charge in [-0.1, -0.05) is 62.9 Å². The largest absolute Gasteiger partial charge is 0.376 e. The van der Waals surface area contributed by atoms with Gasteiger partial charge in [0, 0.05) is 29.4 Å². The van der Waals surface area contributed by atoms with Gasteiger partial charge in [0.1, 0.15) is 5.82 Å². The van der Waals surface area contributed by atoms with E-state index in [0.29, 0.717) is 11.9 Å². The normalized spacial score (nSPS) is 13.9. The van der Waals surface area contributed by atoms with E-state index >= 15 is 0 Å². The second kappa shape index (κ2) is 12.5. The van der Waals surface area contributed by atoms with E-state index < -0.39 is 0 Å². The van der Waals surface area contributed by atoms with E-state index in [1.54, 1.807) is 0 Å². The van der Waals surface area contributed by atoms with E-state index in [1.807, 2.05) is 30.3 Å². The topological polar surface area (TPSA) is 113 Å². The zero-order valence-electron chi connectivity index (χ0n) is 24.4. The van der Waals surface area contributed by atoms with E-state index in [9.17, 15) is 4.79 Å². The molecule has 3 N–H and O–H groups in total. The Morgan fingerprint density at radius 3 is 2.60 bits per heavy atom. The van der Waals surface area contributed by atoms with Crippen molar-refractivity contribution in [1.82, 2.24) is 35.5 Å². The van der Waals surface area contributed by atoms with Crippen molar-refractivity contribution < 1.29 is 4.79 Å². The van der Waals surface area contributed by atoms with Gasteiger partial charge in [-0.3, -0.25) is 9.36 Å². The summed E-state index contributed by atoms with van der Waals surface area (Å²) >= 11 is 0. The molecule has 0 aliphatic heterocycles. The number of fused-ring (bicyclic) bond motifs is 1. The Kier molecular flexibility index (Phi) is 8.26. The molecule has 0 radical (unpaired) electrons. The Morgan fingerprint density at radius 1 is 1.00 bits per heavy atom. The lowest BCUT2D eigenvalue weighted by atomic mass is 9.95. The van der Waals surface area contributed by atoms with Gasteiger partial charge in [-0.05, 0) is 83.6 Å². The number of H-pyrrole nitrogens is 1. The first-order valence-electron chi connectivity index (χ1n) is 15.1. The SMILES string of the molecule is CCCCc1nc2ccc(NCC(=O)NC3CCCCC3)cc2n1-c1ccc(-c2ccccc2-c2nnn[nH]2)c(C)c1. The van der Waals surface area contributed by atoms with Crippen molar-refractivity contribution >= 4 is 22.6 Å². The Morgan fingerprint density at radius 2 is 1.83 bits per heavy atom. The maximum Gasteiger partial charge on any atom is 0.239 e. The molecule has 2 aromatic heterocycles. The third-order valence-corrected chi connectivity index (χ3v) is 8.19. The first-order chi connectivity index (χ1) is 20.6. The molecule has 5 aromatic rings. The molecule has 1 saturated carbocycles. The van der Waals surface area contributed by atoms with Gasteiger partial charge in [0.25, 0.3) is 0 Å². The highest BCUT2D eigenvalue weighted by Gasteiger charge is 2.18. The molecule has 0 spiro atoms. The fraction of sp³-hybridized carbons (Fsp3) is 0.364. The van der Waals surface area contributed by atoms with Gasteiger partial charge in [-0.15, -0.1) is 5.10 Å². The molecule has 9 nitrogen and oxygen atoms in total. The average molecular weight is 563 g/mol. The number of hydrogen-bond donors (Lipinski definition) is 3. The molecule has 6 rings (SSSR count). The van der Waals surface area contributed by atoms with Crippen LogP contribution in [0.2, 0.25) is 0 Å². The minimum Gasteiger partial charge on any atom is -0.376 e. The summed E-state index contributed by atoms with van der Waals surface area (Å²) in [5.41, 5.74) is 8.24. The van der Waals surface area contributed by atoms with E-state index in [-0.39, 0.29) is 12.5 Å². The van der Waals surface area contributed by atoms with Gasteiger partial charge < -0.3 is 10.6 Å². The quantitative estimate of drug-likeness (QED) is 0.182. The second-order valence-electron chi connectivity index (χ2n) is 11.2. The summed E-state index contributed by atoms with van der Waals surface area (Å²) in [5, 5.41) is 21.1. The Labute approximate surface area is 246 Å². The minimum atomic E-state index is 0.0479. The number of imidazole rings is 1. The number of benzene rings is 3. The van der Waals surface area contributed by atoms with Crippen molar-refractivity contribution in [3.63, 3.8) is 0 Å². The molecule has 216 valence electrons. The molecule has 3 aromatic carbocycles. The lowest BCUT2D eigenvalue weighted by molar-refractivity contribution is -0.120. The molecule has 0 atom stereocenters. The van der Waals surface area contributed by atoms with Crippen LogP contribution in [0, 0.1) is 6.92 Å². The molecule has 0 saturated heterocycles. The van der Waals surface area contributed by atoms with E-state index in [0.717, 1.165) is 82.6 Å². The first-order valence-corrected chi connectivity index (χ1v) is 15.1. The third-order valence-electron chi connectivity index (χ3n) is 8.19. The van der Waals surface area contributed by atoms with Crippen LogP contribution in [-0.4, -0.2) is 48.7 Å². The predicted molar refractivity (Wildman–Crippen MR) is 167 cm³/mol. The van der Waals surface area contributed by atoms with Gasteiger partial charge in [0.15, 0.2) is 5.82 Å². The second-order valence-corrected chi connectivity index (χ2v) is 11.2. The number of unbranched alkanes of at least 4 members (excludes halogenated alkanes) is 1. The van der Waals surface area contributed by atoms with Gasteiger partial charge in [0.05, 0.1) is 17.6 Å². The molecule has 9 heteroatoms. The fourth-order valence-corrected chi connectivity index (χ4v) is 6.02. The van der Waals surface area contributed by atoms with Gasteiger partial charge in [0.2, 0.25) is 5.91 Å². The number of aromatic amines is 1. The maximum absolute atomic E-state index is 12.6. The minimum absolute atomic E-state index is 0.0479. The smallest absolute Gasteiger partial charge is 0.239 e. The summed E-state index contributed by atoms with van der Waals surface area (Å²) < 4.78 is 2.27. The average Bonchev–Trinajstić information content (AvgIpc) is 3.68. The Bertz CT molecular complexity index is 1670. The summed E-state index contributed by atoms with van der Waals surface area (Å²) in [4.78, 5) is 17.7. The van der Waals surface area contributed by atoms with E-state index in [1.165, 1.54) is 19.3 Å². The van der Waals surface area contributed by atoms with Crippen LogP contribution in [0.5, 0.6) is 0 Å². The molecule has 1 aliphatic rings. The lowest BCUT2D eigenvalue weighted by Crippen LogP contribution is -2.39. The van der Waals surface area contributed by atoms with Gasteiger partial charge in [-0.25, -0.2) is 10.1 Å². The summed E-state index contributed by atoms with van der Waals surface area (Å²) in [6, 6.07) is 21.2. The molecule has 2 heterocycles. The number of carbonyl (C=O) groups is 1. The highest BCUT2D eigenvalue weighted by molar-refractivity contribution is 5.86. The fourth-order valence-electron chi connectivity index (χ4n) is 6.02. The van der Waals surface area contributed by atoms with Crippen molar-refractivity contribution in [2.45, 2.75) is 71.3 Å². The van der Waals surface area contributed by atoms with Crippen LogP contribution in [0.4, 0.5) is 5.69 Å². The molecule has 1 amide bonds. The van der Waals surface area contributed by atoms with Crippen LogP contribution >= 0.6 is 0 Å². The van der Waals surface area contributed by atoms with Crippen LogP contribution in [0.15, 0.2) is 60.7 Å². The number of tetrazole rings is 1. The maximum atomic E-state index is 12.6. The van der Waals surface area contributed by atoms with Crippen LogP contribution in [-0.2, 0) is 11.2 Å². The zero-order chi connectivity index (χ0) is 28.9. The summed E-state index contributed by atoms with van der Waals surface area (Å²) in [5.74, 6) is 1.73. The van der Waals surface area contributed by atoms with Crippen molar-refractivity contribution in [2.24, 2.45) is 0 Å². The van der Waals surface area contributed by atoms with Gasteiger partial charge in [-0.2, -0.15) is 0 Å². The monoisotopic (exact) mass is 562 g/mol. The lowest BCUT2D eigenvalue weighted by Gasteiger charge is -2.22. The molecular weight excluding hydrogens is 524 g/mol. The summed E-state index contributed by atoms with van der Waals surface area (Å²) in [6.45, 7) is 4.59. The van der Waals surface area contributed by atoms with Crippen LogP contribution in [0.25, 0.3) is 39.2 Å². The first kappa shape index (κ1) is 27.6. The number of rotatable bonds is 10. The molecule has 1 fully saturated rings. The number of hydrogen-bond acceptors (Lipinski definition) is 6. The number of aromatic nitrogens is 6. The third kappa shape index (κ3) is 5.91. The highest BCUT2D eigenvalue weighted by Crippen LogP contribution is 2.34. The zero-order valence-corrected chi connectivity index (χ0v) is 24.4. The van der Waals surface area contributed by atoms with Crippen molar-refractivity contribution in [3.05, 3.63) is 72.1 Å². The number of nitrogens with zero attached hydrogens (tertiary/aromatic N) is 5. The highest BCUT2D eigenvalue weighted by atomic mass is 16.2. The number of aryl methyl sites for hydroxylation is 2. The molecule has 0 bridgehead atoms. The number of nitrogens with one attached hydrogen (secondary N) is 3. The Hall–Kier alpha value is -4.53. The van der Waals surface area contributed by atoms with Crippen LogP contribution < -0.4 is 10.6 Å². The van der Waals surface area contributed by atoms with E-state index in [4.69, 9.17) is 4.98 Å². The van der Waals surface area contributed by atoms with Gasteiger partial charge >= 0.3 is 0 Å². The van der Waals surface area contributed by atoms with Crippen LogP contribution in [0.1, 0.15) is 63.3 Å². The summed E-state index contributed by atoms with van der Waals surface area (Å²) in [7, 11) is 0. The van der Waals surface area contributed by atoms with Crippen molar-refractivity contribution in [2.75, 3.05) is 11.9 Å². The Balaban J connectivity index is 1.31. The molecule has 42 heavy (non-hydrogen) atoms. The number of amides is 1. The molecule has 1 aliphatic carbocycles. The standard InChI is InChI=1S/C33H38N8O/c1-3-4-14-31-36-29-18-15-24(34-21-32(42)35-23-10-6-5-7-11-23)20-30(29)41(31)25-16-17-26(22(2)19-25)27-12-8-9-13-28(27)33-37-39-40-38-33/h8-9,12-13,15-20,23,34H,3-7,10-11,14,21H2,1-2H3,(H,35,42)(H,37,38,39,40). The van der Waals surface area contributed by atoms with Crippen molar-refractivity contribution in [1.29, 1.82) is 0 Å². The predicted octanol–water partition coefficient (Wildman–Crippen LogP) is 6.38. The molecular formula is C33H38N8O. The number of carbonyl (C=O) groups excluding carboxylic acids is 1. The number of anilines is 1. The van der Waals surface area contributed by atoms with Crippen LogP contribution in [0.3, 0.4) is 0 Å². The van der Waals surface area contributed by atoms with Crippen molar-refractivity contribution in [3.8, 4) is 28.2 Å².